The standard InChI is InChI=1S/C11H8NO2/c13-11(14)9-5-3-8(4-6-9)10-2-1-7-12-10/h1-7H,(H,13,14). The third-order valence-electron chi connectivity index (χ3n) is 1.98. The van der Waals surface area contributed by atoms with Crippen LogP contribution in [-0.2, 0) is 0 Å². The smallest absolute Gasteiger partial charge is 0.335 e. The third kappa shape index (κ3) is 1.52. The molecular formula is C11H8NO2. The Balaban J connectivity index is 2.26. The van der Waals surface area contributed by atoms with Gasteiger partial charge in [0, 0.05) is 11.8 Å². The molecule has 14 heavy (non-hydrogen) atoms. The largest absolute Gasteiger partial charge is 0.478 e. The van der Waals surface area contributed by atoms with E-state index in [4.69, 9.17) is 5.11 Å². The van der Waals surface area contributed by atoms with Crippen LogP contribution in [0.5, 0.6) is 0 Å². The number of aromatic carboxylic acids is 1. The molecule has 0 unspecified atom stereocenters. The van der Waals surface area contributed by atoms with E-state index in [9.17, 15) is 4.79 Å². The molecule has 0 aromatic heterocycles. The zero-order chi connectivity index (χ0) is 9.97. The van der Waals surface area contributed by atoms with Crippen LogP contribution in [0.15, 0.2) is 42.6 Å². The minimum absolute atomic E-state index is 0.292. The summed E-state index contributed by atoms with van der Waals surface area (Å²) in [4.78, 5) is 10.6. The second-order valence-electron chi connectivity index (χ2n) is 2.91. The molecule has 1 aromatic carbocycles. The Morgan fingerprint density at radius 2 is 1.93 bits per heavy atom. The molecule has 1 aliphatic rings. The number of carboxylic acids is 1. The molecule has 1 aliphatic heterocycles. The predicted octanol–water partition coefficient (Wildman–Crippen LogP) is 1.86. The van der Waals surface area contributed by atoms with Gasteiger partial charge in [0.05, 0.1) is 11.3 Å². The van der Waals surface area contributed by atoms with Crippen LogP contribution < -0.4 is 5.32 Å². The molecule has 1 radical (unpaired) electrons. The Morgan fingerprint density at radius 3 is 2.43 bits per heavy atom. The minimum Gasteiger partial charge on any atom is -0.478 e. The lowest BCUT2D eigenvalue weighted by molar-refractivity contribution is 0.0697. The Morgan fingerprint density at radius 1 is 1.21 bits per heavy atom. The van der Waals surface area contributed by atoms with Gasteiger partial charge in [0.25, 0.3) is 0 Å². The first kappa shape index (κ1) is 8.56. The first-order chi connectivity index (χ1) is 6.77. The predicted molar refractivity (Wildman–Crippen MR) is 52.7 cm³/mol. The van der Waals surface area contributed by atoms with Crippen molar-refractivity contribution in [2.24, 2.45) is 0 Å². The molecule has 0 atom stereocenters. The van der Waals surface area contributed by atoms with E-state index in [1.54, 1.807) is 30.5 Å². The molecule has 0 fully saturated rings. The number of allylic oxidation sites excluding steroid dienone is 2. The van der Waals surface area contributed by atoms with Crippen molar-refractivity contribution in [2.75, 3.05) is 0 Å². The molecule has 0 saturated carbocycles. The van der Waals surface area contributed by atoms with Crippen molar-refractivity contribution in [3.63, 3.8) is 0 Å². The molecule has 0 aliphatic carbocycles. The van der Waals surface area contributed by atoms with Crippen molar-refractivity contribution >= 4 is 11.7 Å². The molecule has 0 spiro atoms. The molecule has 3 nitrogen and oxygen atoms in total. The highest BCUT2D eigenvalue weighted by Crippen LogP contribution is 2.16. The molecule has 1 aromatic rings. The molecule has 69 valence electrons. The first-order valence-electron chi connectivity index (χ1n) is 4.19. The Labute approximate surface area is 81.4 Å². The highest BCUT2D eigenvalue weighted by Gasteiger charge is 2.06. The highest BCUT2D eigenvalue weighted by atomic mass is 16.4. The zero-order valence-corrected chi connectivity index (χ0v) is 7.34. The van der Waals surface area contributed by atoms with Crippen LogP contribution in [0, 0.1) is 0 Å². The van der Waals surface area contributed by atoms with Gasteiger partial charge >= 0.3 is 5.97 Å². The number of hydrogen-bond donors (Lipinski definition) is 1. The van der Waals surface area contributed by atoms with Crippen LogP contribution in [0.25, 0.3) is 5.70 Å². The SMILES string of the molecule is O=C(O)c1ccc(C2=CC=C[N]2)cc1. The van der Waals surface area contributed by atoms with Gasteiger partial charge < -0.3 is 5.11 Å². The fourth-order valence-electron chi connectivity index (χ4n) is 1.25. The number of carbonyl (C=O) groups is 1. The van der Waals surface area contributed by atoms with Gasteiger partial charge in [-0.3, -0.25) is 5.32 Å². The summed E-state index contributed by atoms with van der Waals surface area (Å²) in [5, 5.41) is 12.8. The van der Waals surface area contributed by atoms with E-state index in [-0.39, 0.29) is 0 Å². The topological polar surface area (TPSA) is 51.4 Å². The summed E-state index contributed by atoms with van der Waals surface area (Å²) >= 11 is 0. The summed E-state index contributed by atoms with van der Waals surface area (Å²) in [6.45, 7) is 0. The van der Waals surface area contributed by atoms with E-state index in [1.165, 1.54) is 0 Å². The van der Waals surface area contributed by atoms with Crippen molar-refractivity contribution in [2.45, 2.75) is 0 Å². The summed E-state index contributed by atoms with van der Waals surface area (Å²) in [7, 11) is 0. The van der Waals surface area contributed by atoms with E-state index >= 15 is 0 Å². The molecule has 0 saturated heterocycles. The van der Waals surface area contributed by atoms with Gasteiger partial charge in [0.2, 0.25) is 0 Å². The van der Waals surface area contributed by atoms with Crippen molar-refractivity contribution in [3.8, 4) is 0 Å². The average Bonchev–Trinajstić information content (AvgIpc) is 2.71. The third-order valence-corrected chi connectivity index (χ3v) is 1.98. The van der Waals surface area contributed by atoms with E-state index in [0.29, 0.717) is 5.56 Å². The fraction of sp³-hybridized carbons (Fsp3) is 0. The van der Waals surface area contributed by atoms with Crippen LogP contribution in [0.1, 0.15) is 15.9 Å². The summed E-state index contributed by atoms with van der Waals surface area (Å²) in [5.74, 6) is -0.910. The van der Waals surface area contributed by atoms with Crippen molar-refractivity contribution < 1.29 is 9.90 Å². The number of rotatable bonds is 2. The average molecular weight is 186 g/mol. The highest BCUT2D eigenvalue weighted by molar-refractivity contribution is 5.88. The van der Waals surface area contributed by atoms with Gasteiger partial charge in [-0.15, -0.1) is 0 Å². The number of hydrogen-bond acceptors (Lipinski definition) is 1. The summed E-state index contributed by atoms with van der Waals surface area (Å²) in [6.07, 6.45) is 5.44. The van der Waals surface area contributed by atoms with E-state index in [0.717, 1.165) is 11.3 Å². The normalized spacial score (nSPS) is 13.6. The van der Waals surface area contributed by atoms with Crippen LogP contribution in [0.2, 0.25) is 0 Å². The van der Waals surface area contributed by atoms with Gasteiger partial charge in [-0.25, -0.2) is 4.79 Å². The second-order valence-corrected chi connectivity index (χ2v) is 2.91. The van der Waals surface area contributed by atoms with Gasteiger partial charge in [0.15, 0.2) is 0 Å². The lowest BCUT2D eigenvalue weighted by Gasteiger charge is -2.01. The van der Waals surface area contributed by atoms with Crippen LogP contribution in [-0.4, -0.2) is 11.1 Å². The van der Waals surface area contributed by atoms with Gasteiger partial charge in [-0.1, -0.05) is 12.1 Å². The van der Waals surface area contributed by atoms with Crippen LogP contribution in [0.3, 0.4) is 0 Å². The lowest BCUT2D eigenvalue weighted by Crippen LogP contribution is -1.97. The van der Waals surface area contributed by atoms with Gasteiger partial charge in [0.1, 0.15) is 0 Å². The quantitative estimate of drug-likeness (QED) is 0.766. The van der Waals surface area contributed by atoms with E-state index < -0.39 is 5.97 Å². The van der Waals surface area contributed by atoms with Crippen LogP contribution >= 0.6 is 0 Å². The van der Waals surface area contributed by atoms with Gasteiger partial charge in [-0.2, -0.15) is 0 Å². The van der Waals surface area contributed by atoms with E-state index in [1.807, 2.05) is 12.2 Å². The lowest BCUT2D eigenvalue weighted by atomic mass is 10.1. The van der Waals surface area contributed by atoms with Crippen molar-refractivity contribution in [3.05, 3.63) is 53.7 Å². The number of nitrogens with zero attached hydrogens (tertiary/aromatic N) is 1. The minimum atomic E-state index is -0.910. The molecule has 3 heteroatoms. The Bertz CT molecular complexity index is 415. The monoisotopic (exact) mass is 186 g/mol. The van der Waals surface area contributed by atoms with Gasteiger partial charge in [-0.05, 0) is 24.3 Å². The second kappa shape index (κ2) is 3.38. The van der Waals surface area contributed by atoms with E-state index in [2.05, 4.69) is 5.32 Å². The van der Waals surface area contributed by atoms with Crippen molar-refractivity contribution in [1.82, 2.24) is 5.32 Å². The number of carboxylic acid groups (broad SMARTS) is 1. The maximum Gasteiger partial charge on any atom is 0.335 e. The Kier molecular flexibility index (Phi) is 2.07. The maximum absolute atomic E-state index is 10.6. The molecule has 1 heterocycles. The first-order valence-corrected chi connectivity index (χ1v) is 4.19. The summed E-state index contributed by atoms with van der Waals surface area (Å²) in [6, 6.07) is 6.66. The molecular weight excluding hydrogens is 178 g/mol. The molecule has 0 bridgehead atoms. The Hall–Kier alpha value is -2.03. The number of benzene rings is 1. The summed E-state index contributed by atoms with van der Waals surface area (Å²) in [5.41, 5.74) is 2.09. The molecule has 1 N–H and O–H groups in total. The van der Waals surface area contributed by atoms with Crippen molar-refractivity contribution in [1.29, 1.82) is 0 Å². The molecule has 2 rings (SSSR count). The van der Waals surface area contributed by atoms with Crippen LogP contribution in [0.4, 0.5) is 0 Å². The molecule has 0 amide bonds. The fourth-order valence-corrected chi connectivity index (χ4v) is 1.25. The summed E-state index contributed by atoms with van der Waals surface area (Å²) < 4.78 is 0. The maximum atomic E-state index is 10.6. The zero-order valence-electron chi connectivity index (χ0n) is 7.34.